The quantitative estimate of drug-likeness (QED) is 0.198. The van der Waals surface area contributed by atoms with Crippen molar-refractivity contribution in [1.82, 2.24) is 14.8 Å². The minimum atomic E-state index is -3.39. The van der Waals surface area contributed by atoms with Crippen molar-refractivity contribution < 1.29 is 23.2 Å². The zero-order valence-corrected chi connectivity index (χ0v) is 23.3. The Morgan fingerprint density at radius 3 is 2.45 bits per heavy atom. The fraction of sp³-hybridized carbons (Fsp3) is 0.556. The number of nitrogens with one attached hydrogen (secondary N) is 1. The normalized spacial score (nSPS) is 14.3. The molecule has 0 unspecified atom stereocenters. The number of hydrogen-bond acceptors (Lipinski definition) is 8. The molecule has 2 aromatic rings. The van der Waals surface area contributed by atoms with Crippen LogP contribution in [0.5, 0.6) is 5.75 Å². The van der Waals surface area contributed by atoms with Gasteiger partial charge in [-0.1, -0.05) is 13.3 Å². The van der Waals surface area contributed by atoms with E-state index >= 15 is 0 Å². The molecule has 0 saturated carbocycles. The van der Waals surface area contributed by atoms with E-state index in [0.717, 1.165) is 35.7 Å². The first-order valence-corrected chi connectivity index (χ1v) is 15.0. The van der Waals surface area contributed by atoms with Gasteiger partial charge >= 0.3 is 0 Å². The maximum atomic E-state index is 13.1. The highest BCUT2D eigenvalue weighted by Crippen LogP contribution is 2.22. The van der Waals surface area contributed by atoms with Gasteiger partial charge < -0.3 is 14.5 Å². The number of aryl methyl sites for hydroxylation is 1. The van der Waals surface area contributed by atoms with Gasteiger partial charge in [-0.2, -0.15) is 4.31 Å². The fourth-order valence-corrected chi connectivity index (χ4v) is 5.87. The third-order valence-corrected chi connectivity index (χ3v) is 8.57. The summed E-state index contributed by atoms with van der Waals surface area (Å²) < 4.78 is 33.5. The van der Waals surface area contributed by atoms with Crippen LogP contribution in [0.25, 0.3) is 0 Å². The first-order chi connectivity index (χ1) is 18.3. The molecular weight excluding hydrogens is 506 g/mol. The van der Waals surface area contributed by atoms with Crippen molar-refractivity contribution in [2.45, 2.75) is 46.0 Å². The third-order valence-electron chi connectivity index (χ3n) is 6.61. The van der Waals surface area contributed by atoms with Crippen molar-refractivity contribution in [1.29, 1.82) is 0 Å². The lowest BCUT2D eigenvalue weighted by Crippen LogP contribution is -2.49. The average Bonchev–Trinajstić information content (AvgIpc) is 2.92. The third kappa shape index (κ3) is 9.14. The molecule has 0 atom stereocenters. The number of rotatable bonds is 15. The molecule has 1 aromatic carbocycles. The van der Waals surface area contributed by atoms with Crippen LogP contribution in [-0.2, 0) is 14.8 Å². The molecular formula is C27H41N5O5S. The highest BCUT2D eigenvalue weighted by atomic mass is 32.2. The van der Waals surface area contributed by atoms with Gasteiger partial charge in [0.2, 0.25) is 15.9 Å². The Bertz CT molecular complexity index is 1110. The van der Waals surface area contributed by atoms with Gasteiger partial charge in [-0.15, -0.1) is 0 Å². The van der Waals surface area contributed by atoms with Crippen LogP contribution >= 0.6 is 0 Å². The summed E-state index contributed by atoms with van der Waals surface area (Å²) in [5, 5.41) is 8.73. The van der Waals surface area contributed by atoms with Crippen molar-refractivity contribution in [2.75, 3.05) is 61.4 Å². The van der Waals surface area contributed by atoms with Crippen LogP contribution in [0, 0.1) is 6.92 Å². The molecule has 38 heavy (non-hydrogen) atoms. The summed E-state index contributed by atoms with van der Waals surface area (Å²) >= 11 is 0. The van der Waals surface area contributed by atoms with Crippen molar-refractivity contribution >= 4 is 27.4 Å². The average molecular weight is 548 g/mol. The summed E-state index contributed by atoms with van der Waals surface area (Å²) in [6, 6.07) is 11.9. The van der Waals surface area contributed by atoms with Crippen molar-refractivity contribution in [3.05, 3.63) is 48.2 Å². The molecule has 1 amide bonds. The van der Waals surface area contributed by atoms with Crippen LogP contribution in [0.15, 0.2) is 42.6 Å². The van der Waals surface area contributed by atoms with Crippen LogP contribution in [0.4, 0.5) is 11.5 Å². The van der Waals surface area contributed by atoms with E-state index in [1.807, 2.05) is 48.2 Å². The molecule has 1 saturated heterocycles. The summed E-state index contributed by atoms with van der Waals surface area (Å²) in [4.78, 5) is 20.0. The molecule has 210 valence electrons. The van der Waals surface area contributed by atoms with Crippen molar-refractivity contribution in [3.63, 3.8) is 0 Å². The zero-order chi connectivity index (χ0) is 27.4. The second-order valence-corrected chi connectivity index (χ2v) is 11.7. The van der Waals surface area contributed by atoms with Crippen molar-refractivity contribution in [2.24, 2.45) is 0 Å². The number of benzene rings is 1. The molecule has 3 rings (SSSR count). The SMILES string of the molecule is CCCCOc1ccc(N2CCN(S(=O)(=O)CCCN(CCCC(=O)NO)c3cc(C)ccn3)CC2)cc1. The molecule has 1 aliphatic rings. The van der Waals surface area contributed by atoms with Gasteiger partial charge in [0.05, 0.1) is 12.4 Å². The molecule has 10 nitrogen and oxygen atoms in total. The van der Waals surface area contributed by atoms with Gasteiger partial charge in [0, 0.05) is 57.6 Å². The smallest absolute Gasteiger partial charge is 0.243 e. The Balaban J connectivity index is 1.49. The van der Waals surface area contributed by atoms with Crippen LogP contribution < -0.4 is 20.0 Å². The van der Waals surface area contributed by atoms with Crippen molar-refractivity contribution in [3.8, 4) is 5.75 Å². The number of aromatic nitrogens is 1. The van der Waals surface area contributed by atoms with Gasteiger partial charge in [0.1, 0.15) is 11.6 Å². The zero-order valence-electron chi connectivity index (χ0n) is 22.5. The molecule has 0 aliphatic carbocycles. The number of carbonyl (C=O) groups is 1. The second-order valence-electron chi connectivity index (χ2n) is 9.57. The summed E-state index contributed by atoms with van der Waals surface area (Å²) in [5.41, 5.74) is 3.77. The standard InChI is InChI=1S/C27H41N5O5S/c1-3-4-20-37-25-10-8-24(9-11-25)30-16-18-32(19-17-30)38(35,36)21-6-15-31(14-5-7-27(33)29-34)26-22-23(2)12-13-28-26/h8-13,22,34H,3-7,14-21H2,1-2H3,(H,29,33). The van der Waals surface area contributed by atoms with Crippen LogP contribution in [-0.4, -0.2) is 80.4 Å². The number of sulfonamides is 1. The van der Waals surface area contributed by atoms with E-state index in [-0.39, 0.29) is 12.2 Å². The Labute approximate surface area is 226 Å². The molecule has 0 radical (unpaired) electrons. The fourth-order valence-electron chi connectivity index (χ4n) is 4.40. The maximum absolute atomic E-state index is 13.1. The first-order valence-electron chi connectivity index (χ1n) is 13.4. The number of ether oxygens (including phenoxy) is 1. The molecule has 2 heterocycles. The lowest BCUT2D eigenvalue weighted by Gasteiger charge is -2.35. The number of pyridine rings is 1. The number of hydroxylamine groups is 1. The number of nitrogens with zero attached hydrogens (tertiary/aromatic N) is 4. The number of carbonyl (C=O) groups excluding carboxylic acids is 1. The Kier molecular flexibility index (Phi) is 11.6. The second kappa shape index (κ2) is 14.9. The largest absolute Gasteiger partial charge is 0.494 e. The lowest BCUT2D eigenvalue weighted by molar-refractivity contribution is -0.129. The summed E-state index contributed by atoms with van der Waals surface area (Å²) in [6.07, 6.45) is 4.99. The number of amides is 1. The van der Waals surface area contributed by atoms with E-state index in [1.165, 1.54) is 0 Å². The van der Waals surface area contributed by atoms with Gasteiger partial charge in [0.25, 0.3) is 0 Å². The highest BCUT2D eigenvalue weighted by Gasteiger charge is 2.27. The number of anilines is 2. The van der Waals surface area contributed by atoms with E-state index in [4.69, 9.17) is 9.94 Å². The van der Waals surface area contributed by atoms with Gasteiger partial charge in [-0.05, 0) is 68.1 Å². The van der Waals surface area contributed by atoms with Crippen LogP contribution in [0.3, 0.4) is 0 Å². The maximum Gasteiger partial charge on any atom is 0.243 e. The Morgan fingerprint density at radius 2 is 1.79 bits per heavy atom. The van der Waals surface area contributed by atoms with E-state index in [0.29, 0.717) is 58.7 Å². The van der Waals surface area contributed by atoms with Crippen LogP contribution in [0.1, 0.15) is 44.6 Å². The van der Waals surface area contributed by atoms with E-state index < -0.39 is 15.9 Å². The molecule has 1 aliphatic heterocycles. The minimum absolute atomic E-state index is 0.0518. The van der Waals surface area contributed by atoms with Gasteiger partial charge in [-0.25, -0.2) is 18.9 Å². The molecule has 0 bridgehead atoms. The Hall–Kier alpha value is -2.89. The van der Waals surface area contributed by atoms with Crippen LogP contribution in [0.2, 0.25) is 0 Å². The topological polar surface area (TPSA) is 115 Å². The number of piperazine rings is 1. The lowest BCUT2D eigenvalue weighted by atomic mass is 10.2. The van der Waals surface area contributed by atoms with E-state index in [9.17, 15) is 13.2 Å². The van der Waals surface area contributed by atoms with Gasteiger partial charge in [0.15, 0.2) is 0 Å². The predicted molar refractivity (Wildman–Crippen MR) is 149 cm³/mol. The van der Waals surface area contributed by atoms with E-state index in [2.05, 4.69) is 16.8 Å². The summed E-state index contributed by atoms with van der Waals surface area (Å²) in [6.45, 7) is 8.05. The predicted octanol–water partition coefficient (Wildman–Crippen LogP) is 3.20. The number of unbranched alkanes of at least 4 members (excludes halogenated alkanes) is 1. The molecule has 1 aromatic heterocycles. The Morgan fingerprint density at radius 1 is 1.08 bits per heavy atom. The monoisotopic (exact) mass is 547 g/mol. The number of hydrogen-bond donors (Lipinski definition) is 2. The first kappa shape index (κ1) is 29.7. The molecule has 0 spiro atoms. The van der Waals surface area contributed by atoms with Gasteiger partial charge in [-0.3, -0.25) is 10.0 Å². The highest BCUT2D eigenvalue weighted by molar-refractivity contribution is 7.89. The molecule has 2 N–H and O–H groups in total. The minimum Gasteiger partial charge on any atom is -0.494 e. The molecule has 11 heteroatoms. The molecule has 1 fully saturated rings. The van der Waals surface area contributed by atoms with E-state index in [1.54, 1.807) is 16.0 Å². The summed E-state index contributed by atoms with van der Waals surface area (Å²) in [7, 11) is -3.39. The summed E-state index contributed by atoms with van der Waals surface area (Å²) in [5.74, 6) is 1.22.